The highest BCUT2D eigenvalue weighted by atomic mass is 16.7. The second kappa shape index (κ2) is 59.8. The van der Waals surface area contributed by atoms with Gasteiger partial charge in [0.05, 0.1) is 34.4 Å². The molecule has 0 bridgehead atoms. The van der Waals surface area contributed by atoms with Crippen LogP contribution in [0.2, 0.25) is 0 Å². The molecule has 9 heteroatoms. The summed E-state index contributed by atoms with van der Waals surface area (Å²) >= 11 is 0. The van der Waals surface area contributed by atoms with E-state index in [-0.39, 0.29) is 38.6 Å². The third kappa shape index (κ3) is 61.2. The minimum Gasteiger partial charge on any atom is -0.477 e. The standard InChI is InChI=1S/C70H117NO8/c1-6-8-10-12-14-16-18-20-22-24-25-26-27-28-29-30-31-32-33-34-35-36-37-38-39-40-41-42-43-45-47-49-51-53-55-57-59-61-68(73)79-66(65-78-70(69(74)75)76-63-62-71(3,4)5)64-77-67(72)60-58-56-54-52-50-48-46-44-23-21-19-17-15-13-11-9-7-2/h8,10,14-17,20-23,25-26,28-29,31-32,34-35,37-38,66,70H,6-7,9,11-13,18-19,24,27,30,33,36,39-65H2,1-5H3/p+1/b10-8-,16-14-,17-15-,22-20-,23-21-,26-25-,29-28-,32-31-,35-34-,38-37-. The molecule has 0 aromatic carbocycles. The van der Waals surface area contributed by atoms with Crippen LogP contribution in [0.1, 0.15) is 245 Å². The summed E-state index contributed by atoms with van der Waals surface area (Å²) in [5, 5.41) is 9.71. The van der Waals surface area contributed by atoms with E-state index in [1.54, 1.807) is 0 Å². The molecule has 0 aliphatic rings. The van der Waals surface area contributed by atoms with Crippen LogP contribution >= 0.6 is 0 Å². The fourth-order valence-electron chi connectivity index (χ4n) is 8.35. The predicted molar refractivity (Wildman–Crippen MR) is 336 cm³/mol. The molecule has 79 heavy (non-hydrogen) atoms. The first kappa shape index (κ1) is 74.7. The van der Waals surface area contributed by atoms with Crippen LogP contribution in [0, 0.1) is 0 Å². The van der Waals surface area contributed by atoms with E-state index in [0.717, 1.165) is 109 Å². The third-order valence-electron chi connectivity index (χ3n) is 13.2. The van der Waals surface area contributed by atoms with Crippen LogP contribution in [0.3, 0.4) is 0 Å². The highest BCUT2D eigenvalue weighted by molar-refractivity contribution is 5.71. The second-order valence-electron chi connectivity index (χ2n) is 22.0. The molecule has 0 fully saturated rings. The van der Waals surface area contributed by atoms with Gasteiger partial charge in [-0.15, -0.1) is 0 Å². The summed E-state index contributed by atoms with van der Waals surface area (Å²) < 4.78 is 22.9. The van der Waals surface area contributed by atoms with Gasteiger partial charge in [0.1, 0.15) is 13.2 Å². The minimum absolute atomic E-state index is 0.181. The van der Waals surface area contributed by atoms with Gasteiger partial charge in [-0.1, -0.05) is 245 Å². The van der Waals surface area contributed by atoms with Gasteiger partial charge in [-0.05, 0) is 109 Å². The molecule has 0 saturated carbocycles. The lowest BCUT2D eigenvalue weighted by atomic mass is 10.0. The quantitative estimate of drug-likeness (QED) is 0.0211. The Balaban J connectivity index is 4.16. The zero-order chi connectivity index (χ0) is 57.6. The average Bonchev–Trinajstić information content (AvgIpc) is 3.42. The number of allylic oxidation sites excluding steroid dienone is 20. The Hall–Kier alpha value is -4.31. The van der Waals surface area contributed by atoms with Crippen molar-refractivity contribution in [1.82, 2.24) is 0 Å². The maximum atomic E-state index is 12.9. The molecule has 0 spiro atoms. The van der Waals surface area contributed by atoms with Crippen molar-refractivity contribution >= 4 is 17.9 Å². The molecule has 9 nitrogen and oxygen atoms in total. The van der Waals surface area contributed by atoms with Crippen LogP contribution in [0.5, 0.6) is 0 Å². The van der Waals surface area contributed by atoms with E-state index in [4.69, 9.17) is 18.9 Å². The number of carbonyl (C=O) groups is 3. The van der Waals surface area contributed by atoms with Gasteiger partial charge in [-0.3, -0.25) is 9.59 Å². The number of carboxylic acid groups (broad SMARTS) is 1. The summed E-state index contributed by atoms with van der Waals surface area (Å²) in [7, 11) is 5.96. The smallest absolute Gasteiger partial charge is 0.361 e. The van der Waals surface area contributed by atoms with Gasteiger partial charge in [0.25, 0.3) is 6.29 Å². The topological polar surface area (TPSA) is 108 Å². The van der Waals surface area contributed by atoms with E-state index in [0.29, 0.717) is 17.4 Å². The summed E-state index contributed by atoms with van der Waals surface area (Å²) in [6.07, 6.45) is 81.4. The first-order valence-electron chi connectivity index (χ1n) is 31.7. The number of esters is 2. The normalized spacial score (nSPS) is 13.6. The lowest BCUT2D eigenvalue weighted by Crippen LogP contribution is -2.40. The first-order chi connectivity index (χ1) is 38.6. The van der Waals surface area contributed by atoms with Crippen LogP contribution in [0.4, 0.5) is 0 Å². The van der Waals surface area contributed by atoms with Gasteiger partial charge in [-0.2, -0.15) is 0 Å². The fraction of sp³-hybridized carbons (Fsp3) is 0.671. The largest absolute Gasteiger partial charge is 0.477 e. The molecule has 0 aliphatic carbocycles. The summed E-state index contributed by atoms with van der Waals surface area (Å²) in [6, 6.07) is 0. The molecule has 0 amide bonds. The number of carbonyl (C=O) groups excluding carboxylic acids is 2. The summed E-state index contributed by atoms with van der Waals surface area (Å²) in [4.78, 5) is 37.5. The predicted octanol–water partition coefficient (Wildman–Crippen LogP) is 19.2. The zero-order valence-electron chi connectivity index (χ0n) is 51.2. The van der Waals surface area contributed by atoms with Gasteiger partial charge in [0, 0.05) is 12.8 Å². The van der Waals surface area contributed by atoms with E-state index >= 15 is 0 Å². The van der Waals surface area contributed by atoms with E-state index in [1.807, 2.05) is 21.1 Å². The van der Waals surface area contributed by atoms with E-state index < -0.39 is 24.3 Å². The molecule has 0 radical (unpaired) electrons. The Kier molecular flexibility index (Phi) is 56.5. The number of carboxylic acids is 1. The van der Waals surface area contributed by atoms with Crippen molar-refractivity contribution in [2.24, 2.45) is 0 Å². The Morgan fingerprint density at radius 2 is 0.722 bits per heavy atom. The van der Waals surface area contributed by atoms with Crippen molar-refractivity contribution in [2.75, 3.05) is 47.5 Å². The SMILES string of the molecule is CC/C=C\C/C=C\C/C=C\C/C=C\C/C=C\C/C=C\C/C=C\C/C=C\CCCCCCCCCCCCCCC(=O)OC(COC(=O)CCCCCCCCC/C=C\C/C=C\CCCCC)COC(OCC[N+](C)(C)C)C(=O)O. The van der Waals surface area contributed by atoms with Gasteiger partial charge in [-0.25, -0.2) is 4.79 Å². The van der Waals surface area contributed by atoms with Crippen LogP contribution in [0.15, 0.2) is 122 Å². The number of quaternary nitrogens is 1. The number of nitrogens with zero attached hydrogens (tertiary/aromatic N) is 1. The number of rotatable bonds is 57. The number of unbranched alkanes of at least 4 members (excludes halogenated alkanes) is 22. The molecule has 2 unspecified atom stereocenters. The van der Waals surface area contributed by atoms with Gasteiger partial charge in [0.2, 0.25) is 0 Å². The number of hydrogen-bond donors (Lipinski definition) is 1. The third-order valence-corrected chi connectivity index (χ3v) is 13.2. The van der Waals surface area contributed by atoms with Crippen molar-refractivity contribution in [3.63, 3.8) is 0 Å². The van der Waals surface area contributed by atoms with E-state index in [9.17, 15) is 19.5 Å². The highest BCUT2D eigenvalue weighted by Crippen LogP contribution is 2.15. The number of likely N-dealkylation sites (N-methyl/N-ethyl adjacent to an activating group) is 1. The number of ether oxygens (including phenoxy) is 4. The fourth-order valence-corrected chi connectivity index (χ4v) is 8.35. The molecule has 0 aliphatic heterocycles. The molecule has 0 aromatic heterocycles. The first-order valence-corrected chi connectivity index (χ1v) is 31.7. The summed E-state index contributed by atoms with van der Waals surface area (Å²) in [5.41, 5.74) is 0. The maximum Gasteiger partial charge on any atom is 0.361 e. The van der Waals surface area contributed by atoms with Crippen molar-refractivity contribution < 1.29 is 42.9 Å². The molecule has 0 heterocycles. The van der Waals surface area contributed by atoms with Gasteiger partial charge >= 0.3 is 17.9 Å². The Labute approximate surface area is 485 Å². The molecule has 0 saturated heterocycles. The lowest BCUT2D eigenvalue weighted by molar-refractivity contribution is -0.870. The molecule has 2 atom stereocenters. The molecular weight excluding hydrogens is 983 g/mol. The maximum absolute atomic E-state index is 12.9. The molecule has 450 valence electrons. The van der Waals surface area contributed by atoms with Crippen LogP contribution in [-0.4, -0.2) is 87.4 Å². The summed E-state index contributed by atoms with van der Waals surface area (Å²) in [6.45, 7) is 4.72. The van der Waals surface area contributed by atoms with Crippen molar-refractivity contribution in [2.45, 2.75) is 257 Å². The molecule has 0 aromatic rings. The molecule has 0 rings (SSSR count). The second-order valence-corrected chi connectivity index (χ2v) is 22.0. The van der Waals surface area contributed by atoms with Crippen molar-refractivity contribution in [3.05, 3.63) is 122 Å². The summed E-state index contributed by atoms with van der Waals surface area (Å²) in [5.74, 6) is -2.02. The van der Waals surface area contributed by atoms with Crippen molar-refractivity contribution in [3.8, 4) is 0 Å². The Morgan fingerprint density at radius 1 is 0.392 bits per heavy atom. The van der Waals surface area contributed by atoms with E-state index in [2.05, 4.69) is 135 Å². The van der Waals surface area contributed by atoms with Crippen molar-refractivity contribution in [1.29, 1.82) is 0 Å². The minimum atomic E-state index is -1.52. The van der Waals surface area contributed by atoms with Gasteiger partial charge < -0.3 is 28.5 Å². The van der Waals surface area contributed by atoms with Gasteiger partial charge in [0.15, 0.2) is 6.10 Å². The average molecular weight is 1100 g/mol. The van der Waals surface area contributed by atoms with E-state index in [1.165, 1.54) is 103 Å². The number of aliphatic carboxylic acids is 1. The van der Waals surface area contributed by atoms with Crippen LogP contribution < -0.4 is 0 Å². The Bertz CT molecular complexity index is 1710. The number of hydrogen-bond acceptors (Lipinski definition) is 7. The monoisotopic (exact) mass is 1100 g/mol. The highest BCUT2D eigenvalue weighted by Gasteiger charge is 2.25. The molecular formula is C70H118NO8+. The van der Waals surface area contributed by atoms with Crippen LogP contribution in [0.25, 0.3) is 0 Å². The lowest BCUT2D eigenvalue weighted by Gasteiger charge is -2.25. The van der Waals surface area contributed by atoms with Crippen LogP contribution in [-0.2, 0) is 33.3 Å². The Morgan fingerprint density at radius 3 is 1.08 bits per heavy atom. The zero-order valence-corrected chi connectivity index (χ0v) is 51.2. The molecule has 1 N–H and O–H groups in total.